The number of nitrogens with zero attached hydrogens (tertiary/aromatic N) is 1. The number of hydrogen-bond donors (Lipinski definition) is 1. The van der Waals surface area contributed by atoms with E-state index in [2.05, 4.69) is 5.32 Å². The summed E-state index contributed by atoms with van der Waals surface area (Å²) in [4.78, 5) is 48.7. The monoisotopic (exact) mass is 380 g/mol. The van der Waals surface area contributed by atoms with Gasteiger partial charge in [-0.15, -0.1) is 0 Å². The van der Waals surface area contributed by atoms with Crippen molar-refractivity contribution in [1.29, 1.82) is 0 Å². The molecule has 2 aromatic carbocycles. The van der Waals surface area contributed by atoms with Gasteiger partial charge in [0.1, 0.15) is 0 Å². The van der Waals surface area contributed by atoms with E-state index >= 15 is 0 Å². The Labute approximate surface area is 162 Å². The lowest BCUT2D eigenvalue weighted by molar-refractivity contribution is -0.114. The molecule has 0 aromatic heterocycles. The number of rotatable bonds is 7. The molecule has 1 aliphatic heterocycles. The molecule has 2 aromatic rings. The minimum atomic E-state index is -0.463. The molecule has 0 bridgehead atoms. The number of fused-ring (bicyclic) bond motifs is 1. The number of carbonyl (C=O) groups excluding carboxylic acids is 4. The molecule has 1 heterocycles. The van der Waals surface area contributed by atoms with Crippen molar-refractivity contribution in [3.05, 3.63) is 65.2 Å². The molecule has 7 heteroatoms. The molecule has 1 N–H and O–H groups in total. The number of esters is 1. The molecule has 0 unspecified atom stereocenters. The zero-order valence-electron chi connectivity index (χ0n) is 15.4. The van der Waals surface area contributed by atoms with Gasteiger partial charge in [0.15, 0.2) is 0 Å². The minimum absolute atomic E-state index is 0.187. The van der Waals surface area contributed by atoms with Crippen LogP contribution in [-0.2, 0) is 9.53 Å². The van der Waals surface area contributed by atoms with Gasteiger partial charge in [0, 0.05) is 19.2 Å². The number of benzene rings is 2. The van der Waals surface area contributed by atoms with Crippen LogP contribution in [0.25, 0.3) is 0 Å². The van der Waals surface area contributed by atoms with Crippen LogP contribution in [0.1, 0.15) is 50.8 Å². The maximum absolute atomic E-state index is 12.3. The van der Waals surface area contributed by atoms with E-state index in [1.165, 1.54) is 11.8 Å². The predicted octanol–water partition coefficient (Wildman–Crippen LogP) is 2.88. The molecule has 144 valence electrons. The van der Waals surface area contributed by atoms with Crippen molar-refractivity contribution in [2.75, 3.05) is 18.5 Å². The van der Waals surface area contributed by atoms with Crippen molar-refractivity contribution in [1.82, 2.24) is 4.90 Å². The van der Waals surface area contributed by atoms with Crippen LogP contribution < -0.4 is 5.32 Å². The third-order valence-corrected chi connectivity index (χ3v) is 4.33. The van der Waals surface area contributed by atoms with E-state index in [9.17, 15) is 19.2 Å². The van der Waals surface area contributed by atoms with E-state index in [1.54, 1.807) is 48.5 Å². The first kappa shape index (κ1) is 19.3. The first-order valence-electron chi connectivity index (χ1n) is 8.97. The van der Waals surface area contributed by atoms with Crippen LogP contribution in [0.4, 0.5) is 5.69 Å². The van der Waals surface area contributed by atoms with E-state index in [0.717, 1.165) is 0 Å². The molecule has 0 saturated carbocycles. The first-order chi connectivity index (χ1) is 13.5. The van der Waals surface area contributed by atoms with Gasteiger partial charge in [0.05, 0.1) is 23.3 Å². The summed E-state index contributed by atoms with van der Waals surface area (Å²) < 4.78 is 5.21. The number of imide groups is 1. The third kappa shape index (κ3) is 4.25. The fourth-order valence-corrected chi connectivity index (χ4v) is 2.96. The van der Waals surface area contributed by atoms with Crippen molar-refractivity contribution in [2.24, 2.45) is 0 Å². The Balaban J connectivity index is 1.42. The summed E-state index contributed by atoms with van der Waals surface area (Å²) >= 11 is 0. The van der Waals surface area contributed by atoms with E-state index in [4.69, 9.17) is 4.74 Å². The van der Waals surface area contributed by atoms with E-state index < -0.39 is 5.97 Å². The molecule has 0 radical (unpaired) electrons. The zero-order valence-corrected chi connectivity index (χ0v) is 15.4. The van der Waals surface area contributed by atoms with Crippen molar-refractivity contribution < 1.29 is 23.9 Å². The van der Waals surface area contributed by atoms with Crippen LogP contribution in [0.5, 0.6) is 0 Å². The predicted molar refractivity (Wildman–Crippen MR) is 102 cm³/mol. The first-order valence-corrected chi connectivity index (χ1v) is 8.97. The minimum Gasteiger partial charge on any atom is -0.462 e. The summed E-state index contributed by atoms with van der Waals surface area (Å²) in [6.45, 7) is 1.88. The lowest BCUT2D eigenvalue weighted by Gasteiger charge is -2.13. The SMILES string of the molecule is CC(=O)Nc1ccc(C(=O)OCCCCN2C(=O)c3ccccc3C2=O)cc1. The number of anilines is 1. The fourth-order valence-electron chi connectivity index (χ4n) is 2.96. The number of unbranched alkanes of at least 4 members (excludes halogenated alkanes) is 1. The van der Waals surface area contributed by atoms with Gasteiger partial charge in [0.2, 0.25) is 5.91 Å². The molecular formula is C21H20N2O5. The summed E-state index contributed by atoms with van der Waals surface area (Å²) in [7, 11) is 0. The summed E-state index contributed by atoms with van der Waals surface area (Å²) in [5.74, 6) is -1.21. The van der Waals surface area contributed by atoms with Crippen LogP contribution in [0.3, 0.4) is 0 Å². The lowest BCUT2D eigenvalue weighted by Crippen LogP contribution is -2.30. The average molecular weight is 380 g/mol. The van der Waals surface area contributed by atoms with E-state index in [-0.39, 0.29) is 30.9 Å². The quantitative estimate of drug-likeness (QED) is 0.453. The maximum atomic E-state index is 12.3. The standard InChI is InChI=1S/C21H20N2O5/c1-14(24)22-16-10-8-15(9-11-16)21(27)28-13-5-4-12-23-19(25)17-6-2-3-7-18(17)20(23)26/h2-3,6-11H,4-5,12-13H2,1H3,(H,22,24). The number of amides is 3. The Morgan fingerprint density at radius 2 is 1.54 bits per heavy atom. The van der Waals surface area contributed by atoms with Gasteiger partial charge in [-0.2, -0.15) is 0 Å². The number of carbonyl (C=O) groups is 4. The topological polar surface area (TPSA) is 92.8 Å². The van der Waals surface area contributed by atoms with E-state index in [0.29, 0.717) is 35.2 Å². The van der Waals surface area contributed by atoms with Crippen LogP contribution in [0, 0.1) is 0 Å². The van der Waals surface area contributed by atoms with E-state index in [1.807, 2.05) is 0 Å². The summed E-state index contributed by atoms with van der Waals surface area (Å²) in [5.41, 5.74) is 1.85. The molecule has 1 aliphatic rings. The van der Waals surface area contributed by atoms with Crippen LogP contribution >= 0.6 is 0 Å². The molecule has 0 saturated heterocycles. The highest BCUT2D eigenvalue weighted by Gasteiger charge is 2.34. The number of hydrogen-bond acceptors (Lipinski definition) is 5. The maximum Gasteiger partial charge on any atom is 0.338 e. The van der Waals surface area contributed by atoms with Crippen molar-refractivity contribution in [3.63, 3.8) is 0 Å². The zero-order chi connectivity index (χ0) is 20.1. The Morgan fingerprint density at radius 1 is 0.929 bits per heavy atom. The molecule has 0 fully saturated rings. The van der Waals surface area contributed by atoms with Gasteiger partial charge in [-0.1, -0.05) is 12.1 Å². The van der Waals surface area contributed by atoms with Crippen molar-refractivity contribution in [2.45, 2.75) is 19.8 Å². The average Bonchev–Trinajstić information content (AvgIpc) is 2.92. The molecule has 3 amide bonds. The number of ether oxygens (including phenoxy) is 1. The van der Waals surface area contributed by atoms with Gasteiger partial charge in [-0.05, 0) is 49.2 Å². The normalized spacial score (nSPS) is 12.7. The molecular weight excluding hydrogens is 360 g/mol. The second-order valence-electron chi connectivity index (χ2n) is 6.41. The van der Waals surface area contributed by atoms with Crippen molar-refractivity contribution in [3.8, 4) is 0 Å². The summed E-state index contributed by atoms with van der Waals surface area (Å²) in [6, 6.07) is 13.2. The van der Waals surface area contributed by atoms with Crippen molar-refractivity contribution >= 4 is 29.4 Å². The second-order valence-corrected chi connectivity index (χ2v) is 6.41. The highest BCUT2D eigenvalue weighted by molar-refractivity contribution is 6.21. The molecule has 28 heavy (non-hydrogen) atoms. The fraction of sp³-hybridized carbons (Fsp3) is 0.238. The highest BCUT2D eigenvalue weighted by atomic mass is 16.5. The largest absolute Gasteiger partial charge is 0.462 e. The Bertz CT molecular complexity index is 886. The van der Waals surface area contributed by atoms with Crippen LogP contribution in [-0.4, -0.2) is 41.7 Å². The Hall–Kier alpha value is -3.48. The summed E-state index contributed by atoms with van der Waals surface area (Å²) in [5, 5.41) is 2.62. The Morgan fingerprint density at radius 3 is 2.11 bits per heavy atom. The van der Waals surface area contributed by atoms with Gasteiger partial charge in [-0.25, -0.2) is 4.79 Å². The van der Waals surface area contributed by atoms with Gasteiger partial charge < -0.3 is 10.1 Å². The molecule has 3 rings (SSSR count). The second kappa shape index (κ2) is 8.47. The van der Waals surface area contributed by atoms with Crippen LogP contribution in [0.15, 0.2) is 48.5 Å². The Kier molecular flexibility index (Phi) is 5.84. The van der Waals surface area contributed by atoms with Gasteiger partial charge in [0.25, 0.3) is 11.8 Å². The lowest BCUT2D eigenvalue weighted by atomic mass is 10.1. The smallest absolute Gasteiger partial charge is 0.338 e. The van der Waals surface area contributed by atoms with Gasteiger partial charge >= 0.3 is 5.97 Å². The third-order valence-electron chi connectivity index (χ3n) is 4.33. The van der Waals surface area contributed by atoms with Gasteiger partial charge in [-0.3, -0.25) is 19.3 Å². The van der Waals surface area contributed by atoms with Crippen LogP contribution in [0.2, 0.25) is 0 Å². The molecule has 7 nitrogen and oxygen atoms in total. The molecule has 0 atom stereocenters. The molecule has 0 aliphatic carbocycles. The highest BCUT2D eigenvalue weighted by Crippen LogP contribution is 2.22. The number of nitrogens with one attached hydrogen (secondary N) is 1. The molecule has 0 spiro atoms. The summed E-state index contributed by atoms with van der Waals surface area (Å²) in [6.07, 6.45) is 1.07.